The lowest BCUT2D eigenvalue weighted by atomic mass is 10.2. The van der Waals surface area contributed by atoms with Crippen molar-refractivity contribution in [2.45, 2.75) is 6.54 Å². The predicted octanol–water partition coefficient (Wildman–Crippen LogP) is 2.50. The number of hydrogen-bond donors (Lipinski definition) is 2. The lowest BCUT2D eigenvalue weighted by Crippen LogP contribution is -2.05. The van der Waals surface area contributed by atoms with Gasteiger partial charge < -0.3 is 10.4 Å². The molecule has 3 heterocycles. The third-order valence-electron chi connectivity index (χ3n) is 2.24. The molecular weight excluding hydrogens is 232 g/mol. The lowest BCUT2D eigenvalue weighted by molar-refractivity contribution is 0.0702. The van der Waals surface area contributed by atoms with Crippen LogP contribution in [0.15, 0.2) is 11.6 Å². The van der Waals surface area contributed by atoms with Gasteiger partial charge in [0.15, 0.2) is 0 Å². The van der Waals surface area contributed by atoms with E-state index in [0.29, 0.717) is 11.4 Å². The van der Waals surface area contributed by atoms with E-state index in [4.69, 9.17) is 5.11 Å². The van der Waals surface area contributed by atoms with Crippen molar-refractivity contribution >= 4 is 34.3 Å². The van der Waals surface area contributed by atoms with Crippen LogP contribution in [-0.4, -0.2) is 16.1 Å². The van der Waals surface area contributed by atoms with E-state index in [2.05, 4.69) is 10.3 Å². The van der Waals surface area contributed by atoms with Crippen molar-refractivity contribution in [3.63, 3.8) is 0 Å². The Labute approximate surface area is 93.2 Å². The van der Waals surface area contributed by atoms with Crippen LogP contribution in [0.4, 0.5) is 5.69 Å². The van der Waals surface area contributed by atoms with Crippen molar-refractivity contribution in [1.82, 2.24) is 4.98 Å². The first kappa shape index (κ1) is 8.87. The molecule has 15 heavy (non-hydrogen) atoms. The number of rotatable bonds is 1. The molecule has 0 unspecified atom stereocenters. The molecule has 0 aliphatic carbocycles. The van der Waals surface area contributed by atoms with E-state index < -0.39 is 5.97 Å². The molecule has 0 saturated carbocycles. The summed E-state index contributed by atoms with van der Waals surface area (Å²) in [6, 6.07) is 1.69. The Bertz CT molecular complexity index is 544. The molecule has 0 amide bonds. The summed E-state index contributed by atoms with van der Waals surface area (Å²) in [7, 11) is 0. The molecule has 0 saturated heterocycles. The van der Waals surface area contributed by atoms with Gasteiger partial charge in [-0.1, -0.05) is 0 Å². The van der Waals surface area contributed by atoms with Crippen molar-refractivity contribution in [3.8, 4) is 9.75 Å². The molecule has 0 fully saturated rings. The Hall–Kier alpha value is -1.40. The van der Waals surface area contributed by atoms with E-state index in [0.717, 1.165) is 21.1 Å². The number of aromatic carboxylic acids is 1. The molecule has 2 aromatic heterocycles. The topological polar surface area (TPSA) is 62.2 Å². The average molecular weight is 238 g/mol. The van der Waals surface area contributed by atoms with Gasteiger partial charge in [-0.15, -0.1) is 22.7 Å². The Morgan fingerprint density at radius 2 is 2.40 bits per heavy atom. The molecule has 2 N–H and O–H groups in total. The maximum Gasteiger partial charge on any atom is 0.345 e. The summed E-state index contributed by atoms with van der Waals surface area (Å²) in [5.41, 5.74) is 3.71. The number of thiophene rings is 1. The summed E-state index contributed by atoms with van der Waals surface area (Å²) in [5, 5.41) is 12.1. The number of carbonyl (C=O) groups is 1. The van der Waals surface area contributed by atoms with Crippen LogP contribution in [0.2, 0.25) is 0 Å². The second-order valence-electron chi connectivity index (χ2n) is 3.14. The fraction of sp³-hybridized carbons (Fsp3) is 0.111. The molecule has 0 radical (unpaired) electrons. The summed E-state index contributed by atoms with van der Waals surface area (Å²) >= 11 is 2.86. The third-order valence-corrected chi connectivity index (χ3v) is 4.39. The van der Waals surface area contributed by atoms with Crippen LogP contribution >= 0.6 is 22.7 Å². The van der Waals surface area contributed by atoms with Gasteiger partial charge in [-0.05, 0) is 6.07 Å². The van der Waals surface area contributed by atoms with Crippen molar-refractivity contribution in [1.29, 1.82) is 0 Å². The number of anilines is 1. The fourth-order valence-electron chi connectivity index (χ4n) is 1.56. The number of carboxylic acids is 1. The summed E-state index contributed by atoms with van der Waals surface area (Å²) in [4.78, 5) is 17.5. The van der Waals surface area contributed by atoms with E-state index in [1.54, 1.807) is 22.9 Å². The van der Waals surface area contributed by atoms with Crippen molar-refractivity contribution in [2.75, 3.05) is 5.32 Å². The van der Waals surface area contributed by atoms with E-state index in [1.807, 2.05) is 0 Å². The van der Waals surface area contributed by atoms with Gasteiger partial charge in [0, 0.05) is 0 Å². The second kappa shape index (κ2) is 3.04. The number of thiazole rings is 1. The summed E-state index contributed by atoms with van der Waals surface area (Å²) < 4.78 is 0. The van der Waals surface area contributed by atoms with E-state index in [-0.39, 0.29) is 0 Å². The summed E-state index contributed by atoms with van der Waals surface area (Å²) in [5.74, 6) is -0.873. The fourth-order valence-corrected chi connectivity index (χ4v) is 3.52. The lowest BCUT2D eigenvalue weighted by Gasteiger charge is -2.12. The van der Waals surface area contributed by atoms with Crippen LogP contribution < -0.4 is 5.32 Å². The SMILES string of the molecule is O=C(O)c1cc2c(s1)-c1scnc1CN2. The minimum Gasteiger partial charge on any atom is -0.477 e. The molecule has 0 spiro atoms. The first-order chi connectivity index (χ1) is 7.25. The molecule has 0 aromatic carbocycles. The van der Waals surface area contributed by atoms with Gasteiger partial charge in [0.25, 0.3) is 0 Å². The normalized spacial score (nSPS) is 12.8. The number of nitrogens with zero attached hydrogens (tertiary/aromatic N) is 1. The highest BCUT2D eigenvalue weighted by molar-refractivity contribution is 7.23. The zero-order chi connectivity index (χ0) is 10.4. The second-order valence-corrected chi connectivity index (χ2v) is 5.05. The molecule has 3 rings (SSSR count). The Kier molecular flexibility index (Phi) is 1.80. The number of hydrogen-bond acceptors (Lipinski definition) is 5. The van der Waals surface area contributed by atoms with Crippen LogP contribution in [0.3, 0.4) is 0 Å². The standard InChI is InChI=1S/C9H6N2O2S2/c12-9(13)6-1-4-8(15-6)7-5(2-10-4)11-3-14-7/h1,3,10H,2H2,(H,12,13). The highest BCUT2D eigenvalue weighted by Crippen LogP contribution is 2.43. The van der Waals surface area contributed by atoms with Crippen LogP contribution in [0.25, 0.3) is 9.75 Å². The first-order valence-corrected chi connectivity index (χ1v) is 5.99. The third kappa shape index (κ3) is 1.25. The Morgan fingerprint density at radius 3 is 3.20 bits per heavy atom. The molecular formula is C9H6N2O2S2. The quantitative estimate of drug-likeness (QED) is 0.801. The minimum absolute atomic E-state index is 0.369. The summed E-state index contributed by atoms with van der Waals surface area (Å²) in [6.07, 6.45) is 0. The highest BCUT2D eigenvalue weighted by Gasteiger charge is 2.22. The van der Waals surface area contributed by atoms with E-state index >= 15 is 0 Å². The van der Waals surface area contributed by atoms with Gasteiger partial charge in [0.1, 0.15) is 4.88 Å². The van der Waals surface area contributed by atoms with Gasteiger partial charge in [0.05, 0.1) is 33.2 Å². The Balaban J connectivity index is 2.20. The number of aromatic nitrogens is 1. The van der Waals surface area contributed by atoms with Crippen LogP contribution in [0.5, 0.6) is 0 Å². The van der Waals surface area contributed by atoms with Crippen LogP contribution in [0, 0.1) is 0 Å². The minimum atomic E-state index is -0.873. The van der Waals surface area contributed by atoms with Crippen molar-refractivity contribution in [2.24, 2.45) is 0 Å². The van der Waals surface area contributed by atoms with Gasteiger partial charge in [-0.25, -0.2) is 9.78 Å². The monoisotopic (exact) mass is 238 g/mol. The molecule has 76 valence electrons. The van der Waals surface area contributed by atoms with Crippen LogP contribution in [0.1, 0.15) is 15.4 Å². The maximum atomic E-state index is 10.8. The molecule has 0 bridgehead atoms. The largest absolute Gasteiger partial charge is 0.477 e. The Morgan fingerprint density at radius 1 is 1.53 bits per heavy atom. The number of carboxylic acid groups (broad SMARTS) is 1. The zero-order valence-electron chi connectivity index (χ0n) is 7.48. The molecule has 0 atom stereocenters. The molecule has 4 nitrogen and oxygen atoms in total. The molecule has 6 heteroatoms. The summed E-state index contributed by atoms with van der Waals surface area (Å²) in [6.45, 7) is 0.682. The average Bonchev–Trinajstić information content (AvgIpc) is 2.82. The number of fused-ring (bicyclic) bond motifs is 3. The van der Waals surface area contributed by atoms with E-state index in [1.165, 1.54) is 11.3 Å². The first-order valence-electron chi connectivity index (χ1n) is 4.29. The maximum absolute atomic E-state index is 10.8. The predicted molar refractivity (Wildman–Crippen MR) is 59.7 cm³/mol. The van der Waals surface area contributed by atoms with Gasteiger partial charge >= 0.3 is 5.97 Å². The van der Waals surface area contributed by atoms with Gasteiger partial charge in [-0.2, -0.15) is 0 Å². The number of nitrogens with one attached hydrogen (secondary N) is 1. The van der Waals surface area contributed by atoms with Gasteiger partial charge in [-0.3, -0.25) is 0 Å². The van der Waals surface area contributed by atoms with E-state index in [9.17, 15) is 4.79 Å². The van der Waals surface area contributed by atoms with Crippen LogP contribution in [-0.2, 0) is 6.54 Å². The molecule has 2 aromatic rings. The zero-order valence-corrected chi connectivity index (χ0v) is 9.11. The van der Waals surface area contributed by atoms with Gasteiger partial charge in [0.2, 0.25) is 0 Å². The molecule has 1 aliphatic heterocycles. The smallest absolute Gasteiger partial charge is 0.345 e. The molecule has 1 aliphatic rings. The van der Waals surface area contributed by atoms with Crippen molar-refractivity contribution in [3.05, 3.63) is 22.1 Å². The highest BCUT2D eigenvalue weighted by atomic mass is 32.1. The van der Waals surface area contributed by atoms with Crippen molar-refractivity contribution < 1.29 is 9.90 Å².